The molecule has 2 fully saturated rings. The molecule has 0 aromatic heterocycles. The van der Waals surface area contributed by atoms with Gasteiger partial charge in [0.1, 0.15) is 0 Å². The van der Waals surface area contributed by atoms with Crippen LogP contribution in [0, 0.1) is 18.8 Å². The van der Waals surface area contributed by atoms with E-state index in [1.54, 1.807) is 24.3 Å². The Labute approximate surface area is 177 Å². The first-order valence-corrected chi connectivity index (χ1v) is 11.1. The number of carbonyl (C=O) groups is 1. The number of nitrogens with one attached hydrogen (secondary N) is 1. The molecule has 156 valence electrons. The second-order valence-corrected chi connectivity index (χ2v) is 9.56. The molecule has 2 aliphatic rings. The normalized spacial score (nSPS) is 23.4. The van der Waals surface area contributed by atoms with Crippen molar-refractivity contribution < 1.29 is 13.2 Å². The number of rotatable bonds is 4. The minimum Gasteiger partial charge on any atom is -0.338 e. The predicted molar refractivity (Wildman–Crippen MR) is 116 cm³/mol. The van der Waals surface area contributed by atoms with Crippen molar-refractivity contribution in [2.75, 3.05) is 17.8 Å². The van der Waals surface area contributed by atoms with Crippen LogP contribution in [0.25, 0.3) is 0 Å². The van der Waals surface area contributed by atoms with Gasteiger partial charge >= 0.3 is 0 Å². The van der Waals surface area contributed by atoms with Crippen LogP contribution >= 0.6 is 12.4 Å². The van der Waals surface area contributed by atoms with E-state index in [-0.39, 0.29) is 29.3 Å². The molecule has 4 rings (SSSR count). The minimum atomic E-state index is -3.77. The summed E-state index contributed by atoms with van der Waals surface area (Å²) in [6.45, 7) is 3.30. The first kappa shape index (κ1) is 21.6. The number of aryl methyl sites for hydroxylation is 1. The Morgan fingerprint density at radius 3 is 2.52 bits per heavy atom. The number of halogens is 1. The van der Waals surface area contributed by atoms with Crippen molar-refractivity contribution in [1.29, 1.82) is 0 Å². The van der Waals surface area contributed by atoms with Gasteiger partial charge in [-0.25, -0.2) is 8.42 Å². The highest BCUT2D eigenvalue weighted by Gasteiger charge is 2.42. The standard InChI is InChI=1S/C21H25N3O3S.ClH/c1-14-5-8-17(9-6-14)23-28(26,27)18-4-2-3-15(11-18)21(25)24-12-16-7-10-20(22)19(16)13-24;/h2-6,8-9,11,16,19-20,23H,7,10,12-13,22H2,1H3;1H. The van der Waals surface area contributed by atoms with E-state index in [0.717, 1.165) is 18.4 Å². The summed E-state index contributed by atoms with van der Waals surface area (Å²) in [5.74, 6) is 0.696. The van der Waals surface area contributed by atoms with Gasteiger partial charge in [-0.3, -0.25) is 9.52 Å². The number of hydrogen-bond acceptors (Lipinski definition) is 4. The van der Waals surface area contributed by atoms with Crippen LogP contribution in [0.5, 0.6) is 0 Å². The molecule has 1 aliphatic heterocycles. The number of nitrogens with two attached hydrogens (primary N) is 1. The first-order valence-electron chi connectivity index (χ1n) is 9.58. The fourth-order valence-corrected chi connectivity index (χ4v) is 5.39. The quantitative estimate of drug-likeness (QED) is 0.771. The summed E-state index contributed by atoms with van der Waals surface area (Å²) in [6, 6.07) is 13.5. The average molecular weight is 436 g/mol. The van der Waals surface area contributed by atoms with Gasteiger partial charge < -0.3 is 10.6 Å². The highest BCUT2D eigenvalue weighted by Crippen LogP contribution is 2.37. The van der Waals surface area contributed by atoms with Crippen molar-refractivity contribution in [3.8, 4) is 0 Å². The number of carbonyl (C=O) groups excluding carboxylic acids is 1. The molecule has 1 saturated carbocycles. The lowest BCUT2D eigenvalue weighted by molar-refractivity contribution is 0.0779. The molecule has 1 saturated heterocycles. The van der Waals surface area contributed by atoms with Gasteiger partial charge in [0.2, 0.25) is 0 Å². The van der Waals surface area contributed by atoms with Crippen molar-refractivity contribution >= 4 is 34.0 Å². The van der Waals surface area contributed by atoms with Crippen molar-refractivity contribution in [2.24, 2.45) is 17.6 Å². The van der Waals surface area contributed by atoms with E-state index in [1.165, 1.54) is 12.1 Å². The van der Waals surface area contributed by atoms with Gasteiger partial charge in [-0.05, 0) is 61.9 Å². The van der Waals surface area contributed by atoms with Gasteiger partial charge in [0.15, 0.2) is 0 Å². The van der Waals surface area contributed by atoms with Gasteiger partial charge in [-0.1, -0.05) is 23.8 Å². The molecule has 0 bridgehead atoms. The van der Waals surface area contributed by atoms with E-state index in [1.807, 2.05) is 24.0 Å². The molecule has 1 heterocycles. The van der Waals surface area contributed by atoms with Crippen molar-refractivity contribution in [1.82, 2.24) is 4.90 Å². The second-order valence-electron chi connectivity index (χ2n) is 7.87. The van der Waals surface area contributed by atoms with Crippen LogP contribution in [0.4, 0.5) is 5.69 Å². The molecule has 3 atom stereocenters. The summed E-state index contributed by atoms with van der Waals surface area (Å²) in [7, 11) is -3.77. The number of amides is 1. The van der Waals surface area contributed by atoms with Crippen LogP contribution in [0.1, 0.15) is 28.8 Å². The summed E-state index contributed by atoms with van der Waals surface area (Å²) in [5.41, 5.74) is 8.08. The zero-order valence-electron chi connectivity index (χ0n) is 16.2. The Hall–Kier alpha value is -2.09. The third-order valence-corrected chi connectivity index (χ3v) is 7.27. The molecule has 3 unspecified atom stereocenters. The molecule has 6 nitrogen and oxygen atoms in total. The van der Waals surface area contributed by atoms with E-state index < -0.39 is 10.0 Å². The molecular formula is C21H26ClN3O3S. The molecule has 0 spiro atoms. The zero-order valence-corrected chi connectivity index (χ0v) is 17.9. The Bertz CT molecular complexity index is 994. The molecule has 3 N–H and O–H groups in total. The van der Waals surface area contributed by atoms with Gasteiger partial charge in [0.25, 0.3) is 15.9 Å². The molecule has 1 amide bonds. The molecule has 29 heavy (non-hydrogen) atoms. The third-order valence-electron chi connectivity index (χ3n) is 5.89. The molecule has 2 aromatic carbocycles. The van der Waals surface area contributed by atoms with Crippen molar-refractivity contribution in [3.05, 3.63) is 59.7 Å². The van der Waals surface area contributed by atoms with Gasteiger partial charge in [-0.15, -0.1) is 12.4 Å². The van der Waals surface area contributed by atoms with Crippen LogP contribution in [-0.4, -0.2) is 38.4 Å². The lowest BCUT2D eigenvalue weighted by Crippen LogP contribution is -2.33. The maximum Gasteiger partial charge on any atom is 0.261 e. The van der Waals surface area contributed by atoms with Crippen molar-refractivity contribution in [2.45, 2.75) is 30.7 Å². The van der Waals surface area contributed by atoms with Gasteiger partial charge in [0, 0.05) is 30.4 Å². The third kappa shape index (κ3) is 4.42. The lowest BCUT2D eigenvalue weighted by Gasteiger charge is -2.19. The summed E-state index contributed by atoms with van der Waals surface area (Å²) in [4.78, 5) is 14.8. The number of anilines is 1. The van der Waals surface area contributed by atoms with Gasteiger partial charge in [0.05, 0.1) is 4.90 Å². The molecular weight excluding hydrogens is 410 g/mol. The maximum atomic E-state index is 12.9. The smallest absolute Gasteiger partial charge is 0.261 e. The van der Waals surface area contributed by atoms with Crippen LogP contribution < -0.4 is 10.5 Å². The number of sulfonamides is 1. The van der Waals surface area contributed by atoms with E-state index in [9.17, 15) is 13.2 Å². The monoisotopic (exact) mass is 435 g/mol. The topological polar surface area (TPSA) is 92.5 Å². The Morgan fingerprint density at radius 2 is 1.83 bits per heavy atom. The van der Waals surface area contributed by atoms with Crippen LogP contribution in [-0.2, 0) is 10.0 Å². The number of fused-ring (bicyclic) bond motifs is 1. The number of nitrogens with zero attached hydrogens (tertiary/aromatic N) is 1. The summed E-state index contributed by atoms with van der Waals surface area (Å²) >= 11 is 0. The van der Waals surface area contributed by atoms with Crippen molar-refractivity contribution in [3.63, 3.8) is 0 Å². The number of benzene rings is 2. The predicted octanol–water partition coefficient (Wildman–Crippen LogP) is 3.03. The summed E-state index contributed by atoms with van der Waals surface area (Å²) in [5, 5.41) is 0. The SMILES string of the molecule is Cc1ccc(NS(=O)(=O)c2cccc(C(=O)N3CC4CCC(N)C4C3)c2)cc1.Cl. The fourth-order valence-electron chi connectivity index (χ4n) is 4.29. The highest BCUT2D eigenvalue weighted by atomic mass is 35.5. The van der Waals surface area contributed by atoms with E-state index in [2.05, 4.69) is 4.72 Å². The molecule has 0 radical (unpaired) electrons. The summed E-state index contributed by atoms with van der Waals surface area (Å²) < 4.78 is 28.0. The first-order chi connectivity index (χ1) is 13.3. The number of likely N-dealkylation sites (tertiary alicyclic amines) is 1. The number of hydrogen-bond donors (Lipinski definition) is 2. The van der Waals surface area contributed by atoms with E-state index >= 15 is 0 Å². The molecule has 8 heteroatoms. The Morgan fingerprint density at radius 1 is 1.10 bits per heavy atom. The second kappa shape index (κ2) is 8.34. The maximum absolute atomic E-state index is 12.9. The highest BCUT2D eigenvalue weighted by molar-refractivity contribution is 7.92. The molecule has 1 aliphatic carbocycles. The zero-order chi connectivity index (χ0) is 19.9. The summed E-state index contributed by atoms with van der Waals surface area (Å²) in [6.07, 6.45) is 2.08. The fraction of sp³-hybridized carbons (Fsp3) is 0.381. The minimum absolute atomic E-state index is 0. The van der Waals surface area contributed by atoms with Gasteiger partial charge in [-0.2, -0.15) is 0 Å². The largest absolute Gasteiger partial charge is 0.338 e. The molecule has 2 aromatic rings. The van der Waals surface area contributed by atoms with E-state index in [4.69, 9.17) is 5.73 Å². The van der Waals surface area contributed by atoms with E-state index in [0.29, 0.717) is 36.2 Å². The van der Waals surface area contributed by atoms with Crippen LogP contribution in [0.3, 0.4) is 0 Å². The lowest BCUT2D eigenvalue weighted by atomic mass is 9.98. The Balaban J connectivity index is 0.00000240. The Kier molecular flexibility index (Phi) is 6.22. The van der Waals surface area contributed by atoms with Crippen LogP contribution in [0.2, 0.25) is 0 Å². The average Bonchev–Trinajstić information content (AvgIpc) is 3.25. The van der Waals surface area contributed by atoms with Crippen LogP contribution in [0.15, 0.2) is 53.4 Å².